The number of carbonyl (C=O) groups excluding carboxylic acids is 2. The van der Waals surface area contributed by atoms with Crippen molar-refractivity contribution in [2.24, 2.45) is 5.10 Å². The molecule has 156 valence electrons. The van der Waals surface area contributed by atoms with E-state index < -0.39 is 10.8 Å². The smallest absolute Gasteiger partial charge is 0.270 e. The maximum atomic E-state index is 13.1. The molecule has 0 radical (unpaired) electrons. The molecule has 3 aromatic rings. The number of benzene rings is 3. The molecule has 0 saturated heterocycles. The fraction of sp³-hybridized carbons (Fsp3) is 0.0870. The fourth-order valence-corrected chi connectivity index (χ4v) is 2.95. The number of hydrazone groups is 1. The minimum absolute atomic E-state index is 0.0746. The predicted octanol–water partition coefficient (Wildman–Crippen LogP) is 3.70. The molecular weight excluding hydrogens is 396 g/mol. The molecule has 0 aliphatic carbocycles. The molecule has 8 heteroatoms. The van der Waals surface area contributed by atoms with Gasteiger partial charge in [-0.15, -0.1) is 0 Å². The Kier molecular flexibility index (Phi) is 6.85. The SMILES string of the molecule is Cc1ccccc1N(CC(=O)N/N=C/c1cccc([N+](=O)[O-])c1)C(=O)c1ccccc1. The van der Waals surface area contributed by atoms with Gasteiger partial charge in [-0.05, 0) is 30.7 Å². The Morgan fingerprint density at radius 2 is 1.74 bits per heavy atom. The molecule has 0 unspecified atom stereocenters. The van der Waals surface area contributed by atoms with Crippen LogP contribution in [0.1, 0.15) is 21.5 Å². The topological polar surface area (TPSA) is 105 Å². The van der Waals surface area contributed by atoms with Gasteiger partial charge in [0.05, 0.1) is 11.1 Å². The molecule has 8 nitrogen and oxygen atoms in total. The van der Waals surface area contributed by atoms with Gasteiger partial charge in [0, 0.05) is 28.9 Å². The van der Waals surface area contributed by atoms with Crippen molar-refractivity contribution in [2.45, 2.75) is 6.92 Å². The number of nitro benzene ring substituents is 1. The average molecular weight is 416 g/mol. The second-order valence-corrected chi connectivity index (χ2v) is 6.69. The van der Waals surface area contributed by atoms with Crippen molar-refractivity contribution in [2.75, 3.05) is 11.4 Å². The Morgan fingerprint density at radius 1 is 1.03 bits per heavy atom. The van der Waals surface area contributed by atoms with E-state index >= 15 is 0 Å². The van der Waals surface area contributed by atoms with E-state index in [-0.39, 0.29) is 18.1 Å². The van der Waals surface area contributed by atoms with Crippen molar-refractivity contribution in [1.29, 1.82) is 0 Å². The molecule has 0 saturated carbocycles. The van der Waals surface area contributed by atoms with Crippen LogP contribution in [0.5, 0.6) is 0 Å². The summed E-state index contributed by atoms with van der Waals surface area (Å²) in [5.74, 6) is -0.818. The van der Waals surface area contributed by atoms with Crippen molar-refractivity contribution in [3.8, 4) is 0 Å². The number of nitro groups is 1. The van der Waals surface area contributed by atoms with E-state index in [1.165, 1.54) is 29.3 Å². The van der Waals surface area contributed by atoms with E-state index in [1.807, 2.05) is 25.1 Å². The summed E-state index contributed by atoms with van der Waals surface area (Å²) < 4.78 is 0. The summed E-state index contributed by atoms with van der Waals surface area (Å²) in [6.07, 6.45) is 1.31. The number of amides is 2. The molecule has 31 heavy (non-hydrogen) atoms. The number of hydrogen-bond donors (Lipinski definition) is 1. The fourth-order valence-electron chi connectivity index (χ4n) is 2.95. The highest BCUT2D eigenvalue weighted by Gasteiger charge is 2.21. The van der Waals surface area contributed by atoms with Gasteiger partial charge in [0.2, 0.25) is 0 Å². The Hall–Kier alpha value is -4.33. The van der Waals surface area contributed by atoms with Gasteiger partial charge in [-0.25, -0.2) is 5.43 Å². The van der Waals surface area contributed by atoms with Crippen LogP contribution in [0.3, 0.4) is 0 Å². The standard InChI is InChI=1S/C23H20N4O4/c1-17-8-5-6-13-21(17)26(23(29)19-10-3-2-4-11-19)16-22(28)25-24-15-18-9-7-12-20(14-18)27(30)31/h2-15H,16H2,1H3,(H,25,28)/b24-15+. The summed E-state index contributed by atoms with van der Waals surface area (Å²) in [5, 5.41) is 14.7. The zero-order valence-corrected chi connectivity index (χ0v) is 16.8. The molecule has 0 spiro atoms. The van der Waals surface area contributed by atoms with Gasteiger partial charge in [0.15, 0.2) is 0 Å². The summed E-state index contributed by atoms with van der Waals surface area (Å²) in [6, 6.07) is 21.8. The number of non-ortho nitro benzene ring substituents is 1. The summed E-state index contributed by atoms with van der Waals surface area (Å²) >= 11 is 0. The number of rotatable bonds is 7. The largest absolute Gasteiger partial charge is 0.299 e. The van der Waals surface area contributed by atoms with E-state index in [9.17, 15) is 19.7 Å². The third-order valence-corrected chi connectivity index (χ3v) is 4.46. The van der Waals surface area contributed by atoms with Crippen LogP contribution in [0.2, 0.25) is 0 Å². The highest BCUT2D eigenvalue weighted by atomic mass is 16.6. The van der Waals surface area contributed by atoms with Crippen LogP contribution in [0.15, 0.2) is 84.0 Å². The minimum Gasteiger partial charge on any atom is -0.299 e. The number of anilines is 1. The second kappa shape index (κ2) is 9.93. The Morgan fingerprint density at radius 3 is 2.45 bits per heavy atom. The van der Waals surface area contributed by atoms with Gasteiger partial charge in [-0.3, -0.25) is 24.6 Å². The molecule has 0 bridgehead atoms. The third kappa shape index (κ3) is 5.60. The third-order valence-electron chi connectivity index (χ3n) is 4.46. The first kappa shape index (κ1) is 21.4. The molecule has 0 heterocycles. The van der Waals surface area contributed by atoms with Crippen LogP contribution < -0.4 is 10.3 Å². The quantitative estimate of drug-likeness (QED) is 0.360. The van der Waals surface area contributed by atoms with E-state index in [1.54, 1.807) is 42.5 Å². The van der Waals surface area contributed by atoms with E-state index in [0.717, 1.165) is 5.56 Å². The first-order chi connectivity index (χ1) is 15.0. The summed E-state index contributed by atoms with van der Waals surface area (Å²) in [4.78, 5) is 37.3. The maximum absolute atomic E-state index is 13.1. The predicted molar refractivity (Wildman–Crippen MR) is 118 cm³/mol. The molecule has 3 rings (SSSR count). The average Bonchev–Trinajstić information content (AvgIpc) is 2.78. The number of para-hydroxylation sites is 1. The lowest BCUT2D eigenvalue weighted by molar-refractivity contribution is -0.384. The second-order valence-electron chi connectivity index (χ2n) is 6.69. The van der Waals surface area contributed by atoms with Gasteiger partial charge in [0.25, 0.3) is 17.5 Å². The highest BCUT2D eigenvalue weighted by molar-refractivity contribution is 6.09. The summed E-state index contributed by atoms with van der Waals surface area (Å²) in [5.41, 5.74) is 4.69. The van der Waals surface area contributed by atoms with E-state index in [2.05, 4.69) is 10.5 Å². The van der Waals surface area contributed by atoms with Gasteiger partial charge < -0.3 is 0 Å². The van der Waals surface area contributed by atoms with Crippen LogP contribution in [-0.2, 0) is 4.79 Å². The van der Waals surface area contributed by atoms with Crippen molar-refractivity contribution >= 4 is 29.4 Å². The molecule has 0 aromatic heterocycles. The molecule has 0 aliphatic heterocycles. The Balaban J connectivity index is 1.76. The Labute approximate surface area is 179 Å². The molecule has 0 aliphatic rings. The van der Waals surface area contributed by atoms with Crippen LogP contribution in [0.4, 0.5) is 11.4 Å². The molecule has 0 fully saturated rings. The normalized spacial score (nSPS) is 10.6. The van der Waals surface area contributed by atoms with Crippen LogP contribution in [0.25, 0.3) is 0 Å². The minimum atomic E-state index is -0.509. The van der Waals surface area contributed by atoms with Crippen LogP contribution in [0, 0.1) is 17.0 Å². The number of nitrogens with one attached hydrogen (secondary N) is 1. The number of hydrogen-bond acceptors (Lipinski definition) is 5. The molecule has 3 aromatic carbocycles. The number of nitrogens with zero attached hydrogens (tertiary/aromatic N) is 3. The lowest BCUT2D eigenvalue weighted by atomic mass is 10.1. The van der Waals surface area contributed by atoms with E-state index in [4.69, 9.17) is 0 Å². The van der Waals surface area contributed by atoms with Crippen molar-refractivity contribution in [1.82, 2.24) is 5.43 Å². The van der Waals surface area contributed by atoms with Gasteiger partial charge in [-0.1, -0.05) is 48.5 Å². The van der Waals surface area contributed by atoms with E-state index in [0.29, 0.717) is 16.8 Å². The molecule has 0 atom stereocenters. The van der Waals surface area contributed by atoms with Crippen molar-refractivity contribution < 1.29 is 14.5 Å². The Bertz CT molecular complexity index is 1130. The molecule has 1 N–H and O–H groups in total. The maximum Gasteiger partial charge on any atom is 0.270 e. The zero-order valence-electron chi connectivity index (χ0n) is 16.8. The highest BCUT2D eigenvalue weighted by Crippen LogP contribution is 2.21. The monoisotopic (exact) mass is 416 g/mol. The zero-order chi connectivity index (χ0) is 22.2. The van der Waals surface area contributed by atoms with Crippen LogP contribution in [-0.4, -0.2) is 29.5 Å². The van der Waals surface area contributed by atoms with Gasteiger partial charge >= 0.3 is 0 Å². The van der Waals surface area contributed by atoms with Crippen molar-refractivity contribution in [3.63, 3.8) is 0 Å². The number of carbonyl (C=O) groups is 2. The summed E-state index contributed by atoms with van der Waals surface area (Å²) in [7, 11) is 0. The summed E-state index contributed by atoms with van der Waals surface area (Å²) in [6.45, 7) is 1.61. The van der Waals surface area contributed by atoms with Crippen molar-refractivity contribution in [3.05, 3.63) is 106 Å². The van der Waals surface area contributed by atoms with Gasteiger partial charge in [-0.2, -0.15) is 5.10 Å². The molecular formula is C23H20N4O4. The molecule has 2 amide bonds. The lowest BCUT2D eigenvalue weighted by Crippen LogP contribution is -2.40. The van der Waals surface area contributed by atoms with Gasteiger partial charge in [0.1, 0.15) is 6.54 Å². The first-order valence-corrected chi connectivity index (χ1v) is 9.44. The number of aryl methyl sites for hydroxylation is 1. The first-order valence-electron chi connectivity index (χ1n) is 9.44. The lowest BCUT2D eigenvalue weighted by Gasteiger charge is -2.23. The van der Waals surface area contributed by atoms with Crippen LogP contribution >= 0.6 is 0 Å².